The van der Waals surface area contributed by atoms with Gasteiger partial charge >= 0.3 is 0 Å². The summed E-state index contributed by atoms with van der Waals surface area (Å²) in [7, 11) is 7.93. The van der Waals surface area contributed by atoms with Gasteiger partial charge in [0.25, 0.3) is 0 Å². The van der Waals surface area contributed by atoms with Crippen LogP contribution in [0.5, 0.6) is 5.75 Å². The molecular formula is C33H42F2N8O3. The van der Waals surface area contributed by atoms with Gasteiger partial charge in [0.2, 0.25) is 5.91 Å². The lowest BCUT2D eigenvalue weighted by molar-refractivity contribution is -0.111. The number of carbonyl (C=O) groups is 1. The van der Waals surface area contributed by atoms with Crippen LogP contribution in [0, 0.1) is 11.6 Å². The summed E-state index contributed by atoms with van der Waals surface area (Å²) in [6, 6.07) is 8.91. The number of nitrogens with one attached hydrogen (secondary N) is 2. The molecule has 0 aliphatic carbocycles. The predicted octanol–water partition coefficient (Wildman–Crippen LogP) is 4.98. The van der Waals surface area contributed by atoms with Crippen LogP contribution in [0.2, 0.25) is 0 Å². The topological polar surface area (TPSA) is 98.3 Å². The van der Waals surface area contributed by atoms with E-state index in [1.165, 1.54) is 29.6 Å². The van der Waals surface area contributed by atoms with Gasteiger partial charge in [-0.2, -0.15) is 0 Å². The van der Waals surface area contributed by atoms with Crippen LogP contribution in [0.25, 0.3) is 0 Å². The number of hydroxylamine groups is 1. The van der Waals surface area contributed by atoms with Crippen molar-refractivity contribution in [2.75, 3.05) is 81.6 Å². The van der Waals surface area contributed by atoms with Crippen molar-refractivity contribution in [2.45, 2.75) is 31.3 Å². The number of likely N-dealkylation sites (N-methyl/N-ethyl adjacent to an activating group) is 2. The summed E-state index contributed by atoms with van der Waals surface area (Å²) in [4.78, 5) is 33.9. The monoisotopic (exact) mass is 636 g/mol. The third-order valence-electron chi connectivity index (χ3n) is 8.46. The molecule has 0 bridgehead atoms. The number of aromatic nitrogens is 2. The molecule has 246 valence electrons. The Morgan fingerprint density at radius 2 is 1.87 bits per heavy atom. The number of nitrogens with zero attached hydrogens (tertiary/aromatic N) is 6. The van der Waals surface area contributed by atoms with E-state index in [0.29, 0.717) is 53.4 Å². The first-order valence-electron chi connectivity index (χ1n) is 15.4. The minimum absolute atomic E-state index is 0.316. The Hall–Kier alpha value is -4.33. The highest BCUT2D eigenvalue weighted by atomic mass is 19.1. The zero-order chi connectivity index (χ0) is 32.8. The van der Waals surface area contributed by atoms with Crippen LogP contribution in [-0.4, -0.2) is 92.8 Å². The summed E-state index contributed by atoms with van der Waals surface area (Å²) in [5.41, 5.74) is 2.34. The quantitative estimate of drug-likeness (QED) is 0.265. The number of carbonyl (C=O) groups excluding carboxylic acids is 1. The first kappa shape index (κ1) is 33.0. The van der Waals surface area contributed by atoms with Crippen LogP contribution < -0.4 is 25.3 Å². The second-order valence-corrected chi connectivity index (χ2v) is 11.8. The number of amides is 1. The third kappa shape index (κ3) is 7.72. The molecule has 0 unspecified atom stereocenters. The maximum absolute atomic E-state index is 14.7. The molecule has 3 heterocycles. The molecule has 0 saturated carbocycles. The molecule has 11 nitrogen and oxygen atoms in total. The smallest absolute Gasteiger partial charge is 0.247 e. The van der Waals surface area contributed by atoms with Gasteiger partial charge in [-0.15, -0.1) is 0 Å². The molecule has 13 heteroatoms. The lowest BCUT2D eigenvalue weighted by Gasteiger charge is -2.39. The number of halogens is 2. The lowest BCUT2D eigenvalue weighted by atomic mass is 10.0. The number of methoxy groups -OCH3 is 1. The van der Waals surface area contributed by atoms with Gasteiger partial charge in [-0.1, -0.05) is 12.6 Å². The highest BCUT2D eigenvalue weighted by Gasteiger charge is 2.32. The average Bonchev–Trinajstić information content (AvgIpc) is 3.53. The van der Waals surface area contributed by atoms with Gasteiger partial charge in [0, 0.05) is 62.4 Å². The maximum atomic E-state index is 14.7. The van der Waals surface area contributed by atoms with Crippen molar-refractivity contribution in [1.29, 1.82) is 0 Å². The van der Waals surface area contributed by atoms with Crippen molar-refractivity contribution in [3.8, 4) is 5.75 Å². The fraction of sp³-hybridized carbons (Fsp3) is 0.424. The standard InChI is InChI=1S/C33H42F2N8O3/c1-6-33(44)39-26-18-27(30(45-5)19-29(26)42-12-9-23(10-13-42)41(4)15-14-40(2)3)38-31-20-32(37-21-36-31)43-28(11-16-46-43)24-8-7-22(34)17-25(24)35/h6-8,17-21,23,28H,1,9-16H2,2-5H3,(H,39,44)(H,36,37,38)/t28-/m1/s1. The van der Waals surface area contributed by atoms with E-state index in [0.717, 1.165) is 50.8 Å². The summed E-state index contributed by atoms with van der Waals surface area (Å²) in [6.07, 6.45) is 5.09. The number of hydrogen-bond donors (Lipinski definition) is 2. The molecule has 2 aliphatic rings. The Labute approximate surface area is 268 Å². The van der Waals surface area contributed by atoms with Crippen LogP contribution in [-0.2, 0) is 9.63 Å². The Morgan fingerprint density at radius 1 is 1.09 bits per heavy atom. The molecule has 1 aromatic heterocycles. The van der Waals surface area contributed by atoms with Gasteiger partial charge in [0.15, 0.2) is 5.82 Å². The number of piperidine rings is 1. The summed E-state index contributed by atoms with van der Waals surface area (Å²) >= 11 is 0. The molecule has 0 radical (unpaired) electrons. The Bertz CT molecular complexity index is 1530. The number of rotatable bonds is 12. The molecule has 2 aromatic carbocycles. The van der Waals surface area contributed by atoms with E-state index in [4.69, 9.17) is 9.57 Å². The van der Waals surface area contributed by atoms with Crippen molar-refractivity contribution in [3.63, 3.8) is 0 Å². The van der Waals surface area contributed by atoms with Crippen LogP contribution >= 0.6 is 0 Å². The van der Waals surface area contributed by atoms with Crippen molar-refractivity contribution in [1.82, 2.24) is 19.8 Å². The van der Waals surface area contributed by atoms with Crippen LogP contribution in [0.15, 0.2) is 55.4 Å². The minimum atomic E-state index is -0.646. The van der Waals surface area contributed by atoms with E-state index in [1.807, 2.05) is 12.1 Å². The second-order valence-electron chi connectivity index (χ2n) is 11.8. The number of hydrogen-bond acceptors (Lipinski definition) is 10. The zero-order valence-electron chi connectivity index (χ0n) is 26.8. The van der Waals surface area contributed by atoms with Crippen molar-refractivity contribution >= 4 is 34.6 Å². The Balaban J connectivity index is 1.37. The molecule has 2 fully saturated rings. The van der Waals surface area contributed by atoms with E-state index in [-0.39, 0.29) is 5.91 Å². The second kappa shape index (κ2) is 14.8. The van der Waals surface area contributed by atoms with Crippen molar-refractivity contribution < 1.29 is 23.1 Å². The Morgan fingerprint density at radius 3 is 2.57 bits per heavy atom. The highest BCUT2D eigenvalue weighted by Crippen LogP contribution is 2.40. The van der Waals surface area contributed by atoms with Gasteiger partial charge in [-0.05, 0) is 52.2 Å². The molecule has 5 rings (SSSR count). The van der Waals surface area contributed by atoms with E-state index in [9.17, 15) is 13.6 Å². The third-order valence-corrected chi connectivity index (χ3v) is 8.46. The molecular weight excluding hydrogens is 594 g/mol. The van der Waals surface area contributed by atoms with Crippen LogP contribution in [0.4, 0.5) is 37.5 Å². The molecule has 2 N–H and O–H groups in total. The average molecular weight is 637 g/mol. The maximum Gasteiger partial charge on any atom is 0.247 e. The fourth-order valence-electron chi connectivity index (χ4n) is 5.89. The number of benzene rings is 2. The van der Waals surface area contributed by atoms with Crippen LogP contribution in [0.1, 0.15) is 30.9 Å². The van der Waals surface area contributed by atoms with E-state index in [2.05, 4.69) is 63.0 Å². The van der Waals surface area contributed by atoms with Crippen molar-refractivity contribution in [3.05, 3.63) is 72.6 Å². The van der Waals surface area contributed by atoms with Crippen molar-refractivity contribution in [2.24, 2.45) is 0 Å². The first-order chi connectivity index (χ1) is 22.2. The zero-order valence-corrected chi connectivity index (χ0v) is 26.8. The number of anilines is 5. The molecule has 1 amide bonds. The van der Waals surface area contributed by atoms with Gasteiger partial charge in [-0.3, -0.25) is 9.63 Å². The molecule has 2 saturated heterocycles. The molecule has 2 aliphatic heterocycles. The normalized spacial score (nSPS) is 17.1. The number of ether oxygens (including phenoxy) is 1. The first-order valence-corrected chi connectivity index (χ1v) is 15.4. The van der Waals surface area contributed by atoms with Gasteiger partial charge in [-0.25, -0.2) is 23.8 Å². The van der Waals surface area contributed by atoms with Gasteiger partial charge in [0.05, 0.1) is 36.8 Å². The largest absolute Gasteiger partial charge is 0.494 e. The lowest BCUT2D eigenvalue weighted by Crippen LogP contribution is -2.45. The predicted molar refractivity (Wildman–Crippen MR) is 176 cm³/mol. The minimum Gasteiger partial charge on any atom is -0.494 e. The fourth-order valence-corrected chi connectivity index (χ4v) is 5.89. The highest BCUT2D eigenvalue weighted by molar-refractivity contribution is 6.02. The van der Waals surface area contributed by atoms with Crippen LogP contribution in [0.3, 0.4) is 0 Å². The summed E-state index contributed by atoms with van der Waals surface area (Å²) < 4.78 is 34.0. The summed E-state index contributed by atoms with van der Waals surface area (Å²) in [5, 5.41) is 7.75. The van der Waals surface area contributed by atoms with Gasteiger partial charge < -0.3 is 30.1 Å². The van der Waals surface area contributed by atoms with E-state index < -0.39 is 17.7 Å². The van der Waals surface area contributed by atoms with E-state index in [1.54, 1.807) is 13.2 Å². The van der Waals surface area contributed by atoms with E-state index >= 15 is 0 Å². The summed E-state index contributed by atoms with van der Waals surface area (Å²) in [6.45, 7) is 7.62. The molecule has 1 atom stereocenters. The molecule has 46 heavy (non-hydrogen) atoms. The Kier molecular flexibility index (Phi) is 10.7. The molecule has 3 aromatic rings. The van der Waals surface area contributed by atoms with Gasteiger partial charge in [0.1, 0.15) is 29.5 Å². The molecule has 0 spiro atoms. The summed E-state index contributed by atoms with van der Waals surface area (Å²) in [5.74, 6) is -0.236. The SMILES string of the molecule is C=CC(=O)Nc1cc(Nc2cc(N3OCC[C@@H]3c3ccc(F)cc3F)ncn2)c(OC)cc1N1CCC(N(C)CCN(C)C)CC1.